The van der Waals surface area contributed by atoms with Crippen LogP contribution in [0, 0.1) is 5.92 Å². The van der Waals surface area contributed by atoms with E-state index in [0.29, 0.717) is 12.0 Å². The molecule has 1 heterocycles. The van der Waals surface area contributed by atoms with E-state index in [0.717, 1.165) is 30.4 Å². The Kier molecular flexibility index (Phi) is 6.09. The molecular weight excluding hydrogens is 356 g/mol. The molecule has 1 aliphatic rings. The number of carbonyl (C=O) groups is 1. The van der Waals surface area contributed by atoms with Gasteiger partial charge >= 0.3 is 6.09 Å². The minimum atomic E-state index is -0.434. The number of halogens is 1. The number of hydrogen-bond acceptors (Lipinski definition) is 3. The van der Waals surface area contributed by atoms with E-state index in [-0.39, 0.29) is 6.09 Å². The summed E-state index contributed by atoms with van der Waals surface area (Å²) in [7, 11) is 2.00. The van der Waals surface area contributed by atoms with Gasteiger partial charge in [0.15, 0.2) is 0 Å². The van der Waals surface area contributed by atoms with Crippen LogP contribution in [0.3, 0.4) is 0 Å². The molecule has 0 radical (unpaired) electrons. The van der Waals surface area contributed by atoms with Gasteiger partial charge in [-0.05, 0) is 58.2 Å². The molecule has 128 valence electrons. The largest absolute Gasteiger partial charge is 0.444 e. The zero-order valence-corrected chi connectivity index (χ0v) is 16.0. The highest BCUT2D eigenvalue weighted by atomic mass is 79.9. The Bertz CT molecular complexity index is 534. The number of carbonyl (C=O) groups excluding carboxylic acids is 1. The third kappa shape index (κ3) is 4.95. The van der Waals surface area contributed by atoms with E-state index in [2.05, 4.69) is 39.4 Å². The van der Waals surface area contributed by atoms with Crippen molar-refractivity contribution in [3.05, 3.63) is 34.3 Å². The highest BCUT2D eigenvalue weighted by Crippen LogP contribution is 2.34. The first-order chi connectivity index (χ1) is 10.8. The van der Waals surface area contributed by atoms with Crippen molar-refractivity contribution in [2.45, 2.75) is 45.3 Å². The van der Waals surface area contributed by atoms with E-state index in [1.165, 1.54) is 5.56 Å². The molecule has 1 fully saturated rings. The van der Waals surface area contributed by atoms with E-state index >= 15 is 0 Å². The van der Waals surface area contributed by atoms with Crippen LogP contribution in [0.4, 0.5) is 4.79 Å². The molecule has 23 heavy (non-hydrogen) atoms. The van der Waals surface area contributed by atoms with Gasteiger partial charge in [-0.1, -0.05) is 34.1 Å². The van der Waals surface area contributed by atoms with E-state index in [1.54, 1.807) is 0 Å². The molecule has 1 amide bonds. The van der Waals surface area contributed by atoms with Gasteiger partial charge in [-0.2, -0.15) is 0 Å². The minimum absolute atomic E-state index is 0.196. The van der Waals surface area contributed by atoms with Gasteiger partial charge in [0.2, 0.25) is 0 Å². The zero-order chi connectivity index (χ0) is 17.0. The van der Waals surface area contributed by atoms with Gasteiger partial charge in [-0.25, -0.2) is 4.79 Å². The first-order valence-electron chi connectivity index (χ1n) is 8.21. The van der Waals surface area contributed by atoms with E-state index < -0.39 is 5.60 Å². The molecule has 0 aromatic heterocycles. The summed E-state index contributed by atoms with van der Waals surface area (Å²) in [4.78, 5) is 14.0. The molecule has 5 heteroatoms. The Balaban J connectivity index is 1.98. The Hall–Kier alpha value is -1.07. The Morgan fingerprint density at radius 1 is 1.30 bits per heavy atom. The lowest BCUT2D eigenvalue weighted by molar-refractivity contribution is 0.0170. The van der Waals surface area contributed by atoms with Crippen LogP contribution in [-0.4, -0.2) is 36.7 Å². The van der Waals surface area contributed by atoms with Gasteiger partial charge in [0.25, 0.3) is 0 Å². The normalized spacial score (nSPS) is 17.9. The van der Waals surface area contributed by atoms with Gasteiger partial charge in [0, 0.05) is 23.6 Å². The van der Waals surface area contributed by atoms with E-state index in [4.69, 9.17) is 4.74 Å². The molecule has 1 aromatic carbocycles. The van der Waals surface area contributed by atoms with Crippen LogP contribution >= 0.6 is 15.9 Å². The van der Waals surface area contributed by atoms with E-state index in [9.17, 15) is 4.79 Å². The van der Waals surface area contributed by atoms with Crippen LogP contribution in [0.15, 0.2) is 28.7 Å². The molecule has 0 saturated carbocycles. The summed E-state index contributed by atoms with van der Waals surface area (Å²) in [5.41, 5.74) is 0.849. The van der Waals surface area contributed by atoms with Crippen molar-refractivity contribution in [1.82, 2.24) is 10.2 Å². The molecule has 1 unspecified atom stereocenters. The topological polar surface area (TPSA) is 41.6 Å². The molecule has 1 N–H and O–H groups in total. The molecule has 1 saturated heterocycles. The van der Waals surface area contributed by atoms with Crippen molar-refractivity contribution in [3.63, 3.8) is 0 Å². The first-order valence-corrected chi connectivity index (χ1v) is 9.00. The summed E-state index contributed by atoms with van der Waals surface area (Å²) in [6, 6.07) is 8.64. The number of likely N-dealkylation sites (tertiary alicyclic amines) is 1. The second kappa shape index (κ2) is 7.67. The average Bonchev–Trinajstić information content (AvgIpc) is 2.49. The number of ether oxygens (including phenoxy) is 1. The van der Waals surface area contributed by atoms with Crippen molar-refractivity contribution in [1.29, 1.82) is 0 Å². The first kappa shape index (κ1) is 18.3. The Labute approximate surface area is 147 Å². The standard InChI is InChI=1S/C18H27BrN2O2/c1-18(2,3)23-17(22)21-11-9-13(10-12-21)16(20-4)14-7-5-6-8-15(14)19/h5-8,13,16,20H,9-12H2,1-4H3. The molecule has 1 aromatic rings. The molecule has 4 nitrogen and oxygen atoms in total. The van der Waals surface area contributed by atoms with Crippen LogP contribution in [-0.2, 0) is 4.74 Å². The third-order valence-electron chi connectivity index (χ3n) is 4.21. The maximum atomic E-state index is 12.2. The zero-order valence-electron chi connectivity index (χ0n) is 14.4. The summed E-state index contributed by atoms with van der Waals surface area (Å²) >= 11 is 3.65. The highest BCUT2D eigenvalue weighted by molar-refractivity contribution is 9.10. The Morgan fingerprint density at radius 3 is 2.43 bits per heavy atom. The fourth-order valence-electron chi connectivity index (χ4n) is 3.11. The predicted octanol–water partition coefficient (Wildman–Crippen LogP) is 4.36. The molecule has 0 bridgehead atoms. The molecule has 2 rings (SSSR count). The lowest BCUT2D eigenvalue weighted by atomic mass is 9.85. The summed E-state index contributed by atoms with van der Waals surface area (Å²) in [5.74, 6) is 0.511. The quantitative estimate of drug-likeness (QED) is 0.844. The lowest BCUT2D eigenvalue weighted by Crippen LogP contribution is -2.43. The molecule has 1 aliphatic heterocycles. The second-order valence-corrected chi connectivity index (χ2v) is 7.95. The summed E-state index contributed by atoms with van der Waals surface area (Å²) in [6.45, 7) is 7.22. The van der Waals surface area contributed by atoms with Crippen LogP contribution in [0.1, 0.15) is 45.2 Å². The average molecular weight is 383 g/mol. The van der Waals surface area contributed by atoms with Gasteiger partial charge in [-0.3, -0.25) is 0 Å². The number of piperidine rings is 1. The maximum Gasteiger partial charge on any atom is 0.410 e. The van der Waals surface area contributed by atoms with Crippen LogP contribution in [0.2, 0.25) is 0 Å². The maximum absolute atomic E-state index is 12.2. The van der Waals surface area contributed by atoms with Gasteiger partial charge in [0.1, 0.15) is 5.60 Å². The fraction of sp³-hybridized carbons (Fsp3) is 0.611. The van der Waals surface area contributed by atoms with Crippen LogP contribution in [0.25, 0.3) is 0 Å². The molecule has 0 aliphatic carbocycles. The SMILES string of the molecule is CNC(c1ccccc1Br)C1CCN(C(=O)OC(C)(C)C)CC1. The van der Waals surface area contributed by atoms with Crippen molar-refractivity contribution in [3.8, 4) is 0 Å². The van der Waals surface area contributed by atoms with Crippen LogP contribution in [0.5, 0.6) is 0 Å². The number of amides is 1. The van der Waals surface area contributed by atoms with Gasteiger partial charge in [0.05, 0.1) is 0 Å². The smallest absolute Gasteiger partial charge is 0.410 e. The number of hydrogen-bond donors (Lipinski definition) is 1. The second-order valence-electron chi connectivity index (χ2n) is 7.09. The third-order valence-corrected chi connectivity index (χ3v) is 4.94. The van der Waals surface area contributed by atoms with E-state index in [1.807, 2.05) is 38.8 Å². The van der Waals surface area contributed by atoms with Crippen molar-refractivity contribution >= 4 is 22.0 Å². The molecule has 0 spiro atoms. The Morgan fingerprint density at radius 2 is 1.91 bits per heavy atom. The van der Waals surface area contributed by atoms with Crippen molar-refractivity contribution in [2.75, 3.05) is 20.1 Å². The number of nitrogens with zero attached hydrogens (tertiary/aromatic N) is 1. The summed E-state index contributed by atoms with van der Waals surface area (Å²) in [6.07, 6.45) is 1.76. The van der Waals surface area contributed by atoms with Gasteiger partial charge < -0.3 is 15.0 Å². The highest BCUT2D eigenvalue weighted by Gasteiger charge is 2.31. The van der Waals surface area contributed by atoms with Crippen molar-refractivity contribution < 1.29 is 9.53 Å². The lowest BCUT2D eigenvalue weighted by Gasteiger charge is -2.37. The number of nitrogens with one attached hydrogen (secondary N) is 1. The molecular formula is C18H27BrN2O2. The fourth-order valence-corrected chi connectivity index (χ4v) is 3.65. The minimum Gasteiger partial charge on any atom is -0.444 e. The predicted molar refractivity (Wildman–Crippen MR) is 96.5 cm³/mol. The van der Waals surface area contributed by atoms with Crippen LogP contribution < -0.4 is 5.32 Å². The van der Waals surface area contributed by atoms with Gasteiger partial charge in [-0.15, -0.1) is 0 Å². The summed E-state index contributed by atoms with van der Waals surface area (Å²) < 4.78 is 6.60. The summed E-state index contributed by atoms with van der Waals surface area (Å²) in [5, 5.41) is 3.45. The number of benzene rings is 1. The monoisotopic (exact) mass is 382 g/mol. The van der Waals surface area contributed by atoms with Crippen molar-refractivity contribution in [2.24, 2.45) is 5.92 Å². The molecule has 1 atom stereocenters. The number of rotatable bonds is 3.